The Bertz CT molecular complexity index is 707. The van der Waals surface area contributed by atoms with Crippen molar-refractivity contribution in [2.24, 2.45) is 0 Å². The fourth-order valence-electron chi connectivity index (χ4n) is 1.31. The maximum absolute atomic E-state index is 12.0. The van der Waals surface area contributed by atoms with E-state index in [1.165, 1.54) is 24.3 Å². The molecule has 1 aromatic carbocycles. The van der Waals surface area contributed by atoms with Crippen molar-refractivity contribution in [3.05, 3.63) is 44.8 Å². The van der Waals surface area contributed by atoms with Gasteiger partial charge in [0.1, 0.15) is 9.88 Å². The van der Waals surface area contributed by atoms with Crippen LogP contribution < -0.4 is 4.72 Å². The molecule has 0 bridgehead atoms. The Morgan fingerprint density at radius 2 is 1.79 bits per heavy atom. The molecule has 100 valence electrons. The largest absolute Gasteiger partial charge is 0.477 e. The zero-order chi connectivity index (χ0) is 14.0. The minimum atomic E-state index is -3.68. The van der Waals surface area contributed by atoms with Crippen molar-refractivity contribution in [1.82, 2.24) is 0 Å². The van der Waals surface area contributed by atoms with E-state index in [9.17, 15) is 13.2 Å². The van der Waals surface area contributed by atoms with Crippen molar-refractivity contribution < 1.29 is 18.3 Å². The van der Waals surface area contributed by atoms with Gasteiger partial charge in [-0.25, -0.2) is 13.2 Å². The lowest BCUT2D eigenvalue weighted by Crippen LogP contribution is -2.11. The molecule has 0 aliphatic heterocycles. The van der Waals surface area contributed by atoms with E-state index in [0.717, 1.165) is 14.9 Å². The van der Waals surface area contributed by atoms with Gasteiger partial charge in [0.05, 0.1) is 4.90 Å². The van der Waals surface area contributed by atoms with Crippen LogP contribution in [0.5, 0.6) is 0 Å². The number of hydrogen-bond acceptors (Lipinski definition) is 4. The van der Waals surface area contributed by atoms with Crippen LogP contribution in [0.15, 0.2) is 41.3 Å². The summed E-state index contributed by atoms with van der Waals surface area (Å²) < 4.78 is 27.4. The summed E-state index contributed by atoms with van der Waals surface area (Å²) in [7, 11) is -3.68. The van der Waals surface area contributed by atoms with Gasteiger partial charge in [-0.1, -0.05) is 0 Å². The molecule has 0 saturated heterocycles. The number of carboxylic acid groups (broad SMARTS) is 1. The van der Waals surface area contributed by atoms with Crippen LogP contribution in [-0.4, -0.2) is 19.5 Å². The monoisotopic (exact) mass is 409 g/mol. The number of nitrogens with one attached hydrogen (secondary N) is 1. The first-order valence-electron chi connectivity index (χ1n) is 5.00. The first-order valence-corrected chi connectivity index (χ1v) is 8.38. The minimum Gasteiger partial charge on any atom is -0.477 e. The molecule has 5 nitrogen and oxygen atoms in total. The van der Waals surface area contributed by atoms with Crippen molar-refractivity contribution in [3.63, 3.8) is 0 Å². The number of hydrogen-bond donors (Lipinski definition) is 2. The Hall–Kier alpha value is -1.13. The zero-order valence-electron chi connectivity index (χ0n) is 9.33. The van der Waals surface area contributed by atoms with Crippen LogP contribution in [-0.2, 0) is 10.0 Å². The quantitative estimate of drug-likeness (QED) is 0.761. The molecule has 0 unspecified atom stereocenters. The maximum Gasteiger partial charge on any atom is 0.345 e. The second-order valence-electron chi connectivity index (χ2n) is 3.53. The highest BCUT2D eigenvalue weighted by atomic mass is 127. The fraction of sp³-hybridized carbons (Fsp3) is 0. The second kappa shape index (κ2) is 5.47. The number of benzene rings is 1. The first-order chi connectivity index (χ1) is 8.88. The predicted octanol–water partition coefficient (Wildman–Crippen LogP) is 2.85. The Morgan fingerprint density at radius 3 is 2.32 bits per heavy atom. The van der Waals surface area contributed by atoms with E-state index in [-0.39, 0.29) is 14.8 Å². The van der Waals surface area contributed by atoms with Crippen molar-refractivity contribution >= 4 is 54.9 Å². The third-order valence-electron chi connectivity index (χ3n) is 2.18. The number of carboxylic acids is 1. The predicted molar refractivity (Wildman–Crippen MR) is 81.2 cm³/mol. The maximum atomic E-state index is 12.0. The molecule has 0 aliphatic rings. The number of carbonyl (C=O) groups is 1. The molecule has 1 aromatic heterocycles. The van der Waals surface area contributed by atoms with Crippen LogP contribution in [0.3, 0.4) is 0 Å². The Balaban J connectivity index is 2.25. The molecule has 0 radical (unpaired) electrons. The number of rotatable bonds is 4. The summed E-state index contributed by atoms with van der Waals surface area (Å²) in [5.74, 6) is -1.08. The number of thiophene rings is 1. The summed E-state index contributed by atoms with van der Waals surface area (Å²) in [6, 6.07) is 9.15. The lowest BCUT2D eigenvalue weighted by molar-refractivity contribution is 0.0702. The van der Waals surface area contributed by atoms with Gasteiger partial charge in [-0.2, -0.15) is 0 Å². The molecule has 2 rings (SSSR count). The molecule has 8 heteroatoms. The summed E-state index contributed by atoms with van der Waals surface area (Å²) in [5.41, 5.74) is 0. The minimum absolute atomic E-state index is 0.0836. The van der Waals surface area contributed by atoms with Crippen LogP contribution in [0.1, 0.15) is 9.67 Å². The van der Waals surface area contributed by atoms with Crippen molar-refractivity contribution in [3.8, 4) is 0 Å². The summed E-state index contributed by atoms with van der Waals surface area (Å²) >= 11 is 2.95. The zero-order valence-corrected chi connectivity index (χ0v) is 13.1. The van der Waals surface area contributed by atoms with Crippen molar-refractivity contribution in [2.45, 2.75) is 4.90 Å². The van der Waals surface area contributed by atoms with Crippen LogP contribution in [0.25, 0.3) is 0 Å². The van der Waals surface area contributed by atoms with Crippen molar-refractivity contribution in [2.75, 3.05) is 4.72 Å². The second-order valence-corrected chi connectivity index (χ2v) is 7.54. The van der Waals surface area contributed by atoms with Crippen molar-refractivity contribution in [1.29, 1.82) is 0 Å². The third kappa shape index (κ3) is 3.45. The molecule has 2 N–H and O–H groups in total. The molecule has 0 atom stereocenters. The molecular formula is C11H8INO4S2. The lowest BCUT2D eigenvalue weighted by Gasteiger charge is -2.05. The summed E-state index contributed by atoms with van der Waals surface area (Å²) in [5, 5.41) is 9.05. The van der Waals surface area contributed by atoms with Crippen LogP contribution in [0, 0.1) is 3.57 Å². The highest BCUT2D eigenvalue weighted by Gasteiger charge is 2.16. The molecule has 0 saturated carbocycles. The van der Waals surface area contributed by atoms with E-state index in [4.69, 9.17) is 5.11 Å². The number of anilines is 1. The van der Waals surface area contributed by atoms with Gasteiger partial charge in [-0.15, -0.1) is 11.3 Å². The van der Waals surface area contributed by atoms with Gasteiger partial charge in [0.15, 0.2) is 0 Å². The van der Waals surface area contributed by atoms with Crippen LogP contribution in [0.4, 0.5) is 5.00 Å². The number of aromatic carboxylic acids is 1. The highest BCUT2D eigenvalue weighted by molar-refractivity contribution is 14.1. The Kier molecular flexibility index (Phi) is 4.11. The smallest absolute Gasteiger partial charge is 0.345 e. The Labute approximate surface area is 127 Å². The summed E-state index contributed by atoms with van der Waals surface area (Å²) in [6.45, 7) is 0. The Morgan fingerprint density at radius 1 is 1.16 bits per heavy atom. The number of halogens is 1. The van der Waals surface area contributed by atoms with E-state index in [0.29, 0.717) is 0 Å². The normalized spacial score (nSPS) is 11.2. The van der Waals surface area contributed by atoms with Gasteiger partial charge >= 0.3 is 5.97 Å². The molecule has 0 aliphatic carbocycles. The van der Waals surface area contributed by atoms with Gasteiger partial charge in [-0.3, -0.25) is 4.72 Å². The van der Waals surface area contributed by atoms with Crippen LogP contribution in [0.2, 0.25) is 0 Å². The highest BCUT2D eigenvalue weighted by Crippen LogP contribution is 2.25. The van der Waals surface area contributed by atoms with E-state index < -0.39 is 16.0 Å². The average Bonchev–Trinajstić information content (AvgIpc) is 2.77. The number of sulfonamides is 1. The molecule has 1 heterocycles. The standard InChI is InChI=1S/C11H8INO4S2/c12-7-1-3-8(4-2-7)19(16,17)13-10-6-5-9(18-10)11(14)15/h1-6,13H,(H,14,15). The van der Waals surface area contributed by atoms with Crippen LogP contribution >= 0.6 is 33.9 Å². The molecular weight excluding hydrogens is 401 g/mol. The van der Waals surface area contributed by atoms with Gasteiger partial charge in [0.25, 0.3) is 10.0 Å². The van der Waals surface area contributed by atoms with E-state index >= 15 is 0 Å². The lowest BCUT2D eigenvalue weighted by atomic mass is 10.4. The molecule has 0 fully saturated rings. The average molecular weight is 409 g/mol. The third-order valence-corrected chi connectivity index (χ3v) is 5.39. The van der Waals surface area contributed by atoms with Gasteiger partial charge in [-0.05, 0) is 59.0 Å². The van der Waals surface area contributed by atoms with Gasteiger partial charge < -0.3 is 5.11 Å². The van der Waals surface area contributed by atoms with E-state index in [1.54, 1.807) is 12.1 Å². The molecule has 0 spiro atoms. The first kappa shape index (κ1) is 14.3. The molecule has 2 aromatic rings. The van der Waals surface area contributed by atoms with Gasteiger partial charge in [0.2, 0.25) is 0 Å². The SMILES string of the molecule is O=C(O)c1ccc(NS(=O)(=O)c2ccc(I)cc2)s1. The molecule has 0 amide bonds. The molecule has 19 heavy (non-hydrogen) atoms. The van der Waals surface area contributed by atoms with E-state index in [1.807, 2.05) is 0 Å². The summed E-state index contributed by atoms with van der Waals surface area (Å²) in [6.07, 6.45) is 0. The summed E-state index contributed by atoms with van der Waals surface area (Å²) in [4.78, 5) is 10.9. The van der Waals surface area contributed by atoms with E-state index in [2.05, 4.69) is 27.3 Å². The fourth-order valence-corrected chi connectivity index (χ4v) is 3.71. The van der Waals surface area contributed by atoms with Gasteiger partial charge in [0, 0.05) is 3.57 Å². The topological polar surface area (TPSA) is 83.5 Å².